The lowest BCUT2D eigenvalue weighted by atomic mass is 9.47. The van der Waals surface area contributed by atoms with Gasteiger partial charge in [-0.05, 0) is 102 Å². The van der Waals surface area contributed by atoms with Crippen LogP contribution in [0.2, 0.25) is 0 Å². The van der Waals surface area contributed by atoms with Crippen molar-refractivity contribution in [1.82, 2.24) is 0 Å². The second-order valence-corrected chi connectivity index (χ2v) is 13.9. The first-order valence-corrected chi connectivity index (χ1v) is 13.9. The molecule has 0 radical (unpaired) electrons. The van der Waals surface area contributed by atoms with Gasteiger partial charge >= 0.3 is 0 Å². The fourth-order valence-corrected chi connectivity index (χ4v) is 8.78. The number of carbonyl (C=O) groups is 3. The Hall–Kier alpha value is -1.41. The highest BCUT2D eigenvalue weighted by atomic mass is 16.8. The average Bonchev–Trinajstić information content (AvgIpc) is 3.19. The Morgan fingerprint density at radius 3 is 2.35 bits per heavy atom. The van der Waals surface area contributed by atoms with E-state index >= 15 is 0 Å². The van der Waals surface area contributed by atoms with Crippen LogP contribution in [-0.2, 0) is 23.9 Å². The summed E-state index contributed by atoms with van der Waals surface area (Å²) in [4.78, 5) is 36.5. The van der Waals surface area contributed by atoms with Crippen molar-refractivity contribution in [2.24, 2.45) is 28.6 Å². The third-order valence-corrected chi connectivity index (χ3v) is 10.6. The molecule has 2 N–H and O–H groups in total. The number of hydrogen-bond donors (Lipinski definition) is 2. The van der Waals surface area contributed by atoms with E-state index in [0.717, 1.165) is 24.6 Å². The molecule has 3 fully saturated rings. The van der Waals surface area contributed by atoms with Crippen molar-refractivity contribution in [2.45, 2.75) is 129 Å². The Morgan fingerprint density at radius 2 is 1.76 bits per heavy atom. The minimum atomic E-state index is -1.22. The molecule has 1 saturated heterocycles. The molecular formula is C30H46O7. The van der Waals surface area contributed by atoms with Crippen LogP contribution in [0.5, 0.6) is 0 Å². The van der Waals surface area contributed by atoms with E-state index in [2.05, 4.69) is 13.8 Å². The molecule has 7 nitrogen and oxygen atoms in total. The number of hydrogen-bond acceptors (Lipinski definition) is 7. The Morgan fingerprint density at radius 1 is 1.08 bits per heavy atom. The summed E-state index contributed by atoms with van der Waals surface area (Å²) < 4.78 is 13.1. The van der Waals surface area contributed by atoms with Gasteiger partial charge in [0.1, 0.15) is 12.6 Å². The van der Waals surface area contributed by atoms with Crippen LogP contribution in [0.15, 0.2) is 11.6 Å². The molecular weight excluding hydrogens is 472 g/mol. The maximum Gasteiger partial charge on any atom is 0.164 e. The lowest BCUT2D eigenvalue weighted by Gasteiger charge is -2.59. The standard InChI is InChI=1S/C30H46O7/c1-25(2,34)12-10-24-29(7,37-26(3,4)36-24)23-9-14-30(35)21-18-22(33)20(11-16-31)27(5,15-17-32)19(21)8-13-28(23,30)6/h16-20,23-24,34-35H,8-15H2,1-7H3/t19-,20-,23-,24+,27+,28-,29+,30-/m1/s1. The Kier molecular flexibility index (Phi) is 7.01. The molecule has 2 saturated carbocycles. The van der Waals surface area contributed by atoms with Gasteiger partial charge in [-0.25, -0.2) is 0 Å². The summed E-state index contributed by atoms with van der Waals surface area (Å²) in [6.07, 6.45) is 7.07. The summed E-state index contributed by atoms with van der Waals surface area (Å²) in [6, 6.07) is 0. The van der Waals surface area contributed by atoms with E-state index in [1.165, 1.54) is 0 Å². The monoisotopic (exact) mass is 518 g/mol. The molecule has 7 heteroatoms. The molecule has 3 aliphatic carbocycles. The van der Waals surface area contributed by atoms with Gasteiger partial charge in [0.25, 0.3) is 0 Å². The first-order valence-electron chi connectivity index (χ1n) is 13.9. The van der Waals surface area contributed by atoms with Gasteiger partial charge in [-0.2, -0.15) is 0 Å². The Bertz CT molecular complexity index is 979. The Labute approximate surface area is 221 Å². The first-order chi connectivity index (χ1) is 17.0. The van der Waals surface area contributed by atoms with Crippen LogP contribution in [0.25, 0.3) is 0 Å². The van der Waals surface area contributed by atoms with Crippen molar-refractivity contribution in [3.05, 3.63) is 11.6 Å². The van der Waals surface area contributed by atoms with Gasteiger partial charge in [0.05, 0.1) is 22.9 Å². The molecule has 0 amide bonds. The van der Waals surface area contributed by atoms with Crippen LogP contribution < -0.4 is 0 Å². The van der Waals surface area contributed by atoms with Crippen LogP contribution in [0.3, 0.4) is 0 Å². The first kappa shape index (κ1) is 28.6. The highest BCUT2D eigenvalue weighted by Gasteiger charge is 2.70. The fraction of sp³-hybridized carbons (Fsp3) is 0.833. The minimum absolute atomic E-state index is 0.0412. The molecule has 37 heavy (non-hydrogen) atoms. The Balaban J connectivity index is 1.74. The van der Waals surface area contributed by atoms with Gasteiger partial charge in [-0.1, -0.05) is 13.8 Å². The molecule has 0 aromatic rings. The second-order valence-electron chi connectivity index (χ2n) is 13.9. The summed E-state index contributed by atoms with van der Waals surface area (Å²) >= 11 is 0. The molecule has 0 bridgehead atoms. The molecule has 0 unspecified atom stereocenters. The highest BCUT2D eigenvalue weighted by molar-refractivity contribution is 5.96. The van der Waals surface area contributed by atoms with Gasteiger partial charge in [0.15, 0.2) is 11.6 Å². The molecule has 0 aromatic carbocycles. The van der Waals surface area contributed by atoms with Gasteiger partial charge in [-0.15, -0.1) is 0 Å². The second kappa shape index (κ2) is 9.07. The van der Waals surface area contributed by atoms with Crippen molar-refractivity contribution >= 4 is 18.4 Å². The maximum absolute atomic E-state index is 13.4. The average molecular weight is 519 g/mol. The van der Waals surface area contributed by atoms with Gasteiger partial charge in [-0.3, -0.25) is 4.79 Å². The quantitative estimate of drug-likeness (QED) is 0.461. The largest absolute Gasteiger partial charge is 0.390 e. The number of allylic oxidation sites excluding steroid dienone is 1. The topological polar surface area (TPSA) is 110 Å². The van der Waals surface area contributed by atoms with E-state index < -0.39 is 39.3 Å². The summed E-state index contributed by atoms with van der Waals surface area (Å²) in [6.45, 7) is 13.6. The van der Waals surface area contributed by atoms with E-state index in [1.54, 1.807) is 19.9 Å². The van der Waals surface area contributed by atoms with E-state index in [9.17, 15) is 24.6 Å². The van der Waals surface area contributed by atoms with Crippen molar-refractivity contribution in [3.8, 4) is 0 Å². The predicted octanol–water partition coefficient (Wildman–Crippen LogP) is 4.31. The van der Waals surface area contributed by atoms with E-state index in [0.29, 0.717) is 32.1 Å². The molecule has 4 rings (SSSR count). The zero-order chi connectivity index (χ0) is 27.7. The number of aldehydes is 2. The number of rotatable bonds is 8. The summed E-state index contributed by atoms with van der Waals surface area (Å²) in [5, 5.41) is 22.9. The van der Waals surface area contributed by atoms with Crippen molar-refractivity contribution in [1.29, 1.82) is 0 Å². The molecule has 0 aromatic heterocycles. The SMILES string of the molecule is CC(C)(O)CC[C@@H]1OC(C)(C)O[C@@]1(C)[C@@H]1CC[C@@]2(O)C3=CC(=O)[C@@H](CC=O)[C@@](C)(CC=O)[C@@H]3CC[C@]12C. The summed E-state index contributed by atoms with van der Waals surface area (Å²) in [5.41, 5.74) is -3.27. The minimum Gasteiger partial charge on any atom is -0.390 e. The van der Waals surface area contributed by atoms with Crippen molar-refractivity contribution < 1.29 is 34.1 Å². The van der Waals surface area contributed by atoms with Crippen LogP contribution >= 0.6 is 0 Å². The molecule has 4 aliphatic rings. The fourth-order valence-electron chi connectivity index (χ4n) is 8.78. The number of ketones is 1. The summed E-state index contributed by atoms with van der Waals surface area (Å²) in [5.74, 6) is -1.70. The summed E-state index contributed by atoms with van der Waals surface area (Å²) in [7, 11) is 0. The van der Waals surface area contributed by atoms with Crippen LogP contribution in [0.1, 0.15) is 99.8 Å². The molecule has 208 valence electrons. The number of aliphatic hydroxyl groups is 2. The predicted molar refractivity (Wildman–Crippen MR) is 139 cm³/mol. The molecule has 0 spiro atoms. The molecule has 8 atom stereocenters. The number of ether oxygens (including phenoxy) is 2. The normalized spacial score (nSPS) is 45.2. The van der Waals surface area contributed by atoms with Crippen molar-refractivity contribution in [2.75, 3.05) is 0 Å². The third kappa shape index (κ3) is 4.38. The maximum atomic E-state index is 13.4. The van der Waals surface area contributed by atoms with E-state index in [4.69, 9.17) is 9.47 Å². The van der Waals surface area contributed by atoms with E-state index in [1.807, 2.05) is 20.8 Å². The van der Waals surface area contributed by atoms with Crippen LogP contribution in [-0.4, -0.2) is 57.3 Å². The zero-order valence-corrected chi connectivity index (χ0v) is 23.6. The van der Waals surface area contributed by atoms with Crippen molar-refractivity contribution in [3.63, 3.8) is 0 Å². The molecule has 1 aliphatic heterocycles. The molecule has 1 heterocycles. The third-order valence-electron chi connectivity index (χ3n) is 10.6. The van der Waals surface area contributed by atoms with E-state index in [-0.39, 0.29) is 36.6 Å². The van der Waals surface area contributed by atoms with Gasteiger partial charge < -0.3 is 29.3 Å². The van der Waals surface area contributed by atoms with Gasteiger partial charge in [0, 0.05) is 24.2 Å². The number of carbonyl (C=O) groups excluding carboxylic acids is 3. The zero-order valence-electron chi connectivity index (χ0n) is 23.6. The smallest absolute Gasteiger partial charge is 0.164 e. The van der Waals surface area contributed by atoms with Gasteiger partial charge in [0.2, 0.25) is 0 Å². The lowest BCUT2D eigenvalue weighted by Crippen LogP contribution is -2.61. The van der Waals surface area contributed by atoms with Crippen LogP contribution in [0, 0.1) is 28.6 Å². The highest BCUT2D eigenvalue weighted by Crippen LogP contribution is 2.69. The van der Waals surface area contributed by atoms with Crippen LogP contribution in [0.4, 0.5) is 0 Å². The lowest BCUT2D eigenvalue weighted by molar-refractivity contribution is -0.189. The number of fused-ring (bicyclic) bond motifs is 3.